The fourth-order valence-corrected chi connectivity index (χ4v) is 3.00. The second kappa shape index (κ2) is 5.43. The number of benzene rings is 1. The van der Waals surface area contributed by atoms with Gasteiger partial charge in [0.15, 0.2) is 0 Å². The second-order valence-electron chi connectivity index (χ2n) is 5.74. The summed E-state index contributed by atoms with van der Waals surface area (Å²) >= 11 is 0. The Morgan fingerprint density at radius 2 is 2.22 bits per heavy atom. The zero-order chi connectivity index (χ0) is 15.8. The molecule has 0 amide bonds. The molecule has 4 aromatic rings. The van der Waals surface area contributed by atoms with Gasteiger partial charge >= 0.3 is 0 Å². The molecule has 23 heavy (non-hydrogen) atoms. The van der Waals surface area contributed by atoms with Gasteiger partial charge in [0.25, 0.3) is 0 Å². The van der Waals surface area contributed by atoms with Crippen LogP contribution in [0.5, 0.6) is 0 Å². The van der Waals surface area contributed by atoms with Gasteiger partial charge in [-0.05, 0) is 37.1 Å². The van der Waals surface area contributed by atoms with Crippen LogP contribution in [0.1, 0.15) is 30.8 Å². The van der Waals surface area contributed by atoms with Crippen LogP contribution in [0.2, 0.25) is 0 Å². The molecule has 1 N–H and O–H groups in total. The van der Waals surface area contributed by atoms with E-state index >= 15 is 0 Å². The molecule has 0 saturated carbocycles. The monoisotopic (exact) mass is 306 g/mol. The molecule has 0 aliphatic carbocycles. The lowest BCUT2D eigenvalue weighted by atomic mass is 10.2. The topological polar surface area (TPSA) is 59.6 Å². The van der Waals surface area contributed by atoms with E-state index < -0.39 is 0 Å². The van der Waals surface area contributed by atoms with Crippen LogP contribution in [0.25, 0.3) is 22.4 Å². The van der Waals surface area contributed by atoms with Gasteiger partial charge in [0.1, 0.15) is 17.9 Å². The number of H-pyrrole nitrogens is 1. The van der Waals surface area contributed by atoms with Crippen molar-refractivity contribution in [3.63, 3.8) is 0 Å². The van der Waals surface area contributed by atoms with Gasteiger partial charge in [-0.25, -0.2) is 9.97 Å². The Labute approximate surface area is 134 Å². The highest BCUT2D eigenvalue weighted by atomic mass is 16.3. The van der Waals surface area contributed by atoms with Gasteiger partial charge in [-0.1, -0.05) is 13.0 Å². The Bertz CT molecular complexity index is 933. The molecule has 0 aliphatic rings. The average Bonchev–Trinajstić information content (AvgIpc) is 3.27. The van der Waals surface area contributed by atoms with E-state index in [1.54, 1.807) is 12.5 Å². The summed E-state index contributed by atoms with van der Waals surface area (Å²) in [5, 5.41) is 0. The number of aryl methyl sites for hydroxylation is 1. The molecule has 5 heteroatoms. The maximum absolute atomic E-state index is 5.20. The second-order valence-corrected chi connectivity index (χ2v) is 5.74. The molecule has 3 aromatic heterocycles. The molecule has 3 heterocycles. The van der Waals surface area contributed by atoms with Crippen LogP contribution in [0.15, 0.2) is 53.6 Å². The molecular weight excluding hydrogens is 288 g/mol. The molecule has 4 rings (SSSR count). The van der Waals surface area contributed by atoms with E-state index in [4.69, 9.17) is 9.40 Å². The summed E-state index contributed by atoms with van der Waals surface area (Å²) in [6.07, 6.45) is 8.11. The van der Waals surface area contributed by atoms with Crippen molar-refractivity contribution < 1.29 is 4.42 Å². The average molecular weight is 306 g/mol. The van der Waals surface area contributed by atoms with E-state index in [0.717, 1.165) is 34.7 Å². The minimum atomic E-state index is 0.107. The van der Waals surface area contributed by atoms with E-state index in [2.05, 4.69) is 46.6 Å². The van der Waals surface area contributed by atoms with E-state index in [9.17, 15) is 0 Å². The van der Waals surface area contributed by atoms with Crippen molar-refractivity contribution in [3.8, 4) is 11.4 Å². The zero-order valence-electron chi connectivity index (χ0n) is 13.2. The number of furan rings is 1. The molecule has 0 saturated heterocycles. The molecule has 0 bridgehead atoms. The highest BCUT2D eigenvalue weighted by Crippen LogP contribution is 2.28. The van der Waals surface area contributed by atoms with Gasteiger partial charge in [-0.3, -0.25) is 0 Å². The lowest BCUT2D eigenvalue weighted by molar-refractivity contribution is 0.544. The van der Waals surface area contributed by atoms with Crippen molar-refractivity contribution in [2.75, 3.05) is 0 Å². The fourth-order valence-electron chi connectivity index (χ4n) is 3.00. The SMILES string of the molecule is CC[C@@H](c1nc2ccc(C)cc2[nH]1)n1ccnc1-c1ccoc1. The van der Waals surface area contributed by atoms with Gasteiger partial charge < -0.3 is 14.0 Å². The number of rotatable bonds is 4. The molecule has 1 aromatic carbocycles. The Morgan fingerprint density at radius 3 is 3.00 bits per heavy atom. The third-order valence-electron chi connectivity index (χ3n) is 4.14. The molecule has 116 valence electrons. The zero-order valence-corrected chi connectivity index (χ0v) is 13.2. The summed E-state index contributed by atoms with van der Waals surface area (Å²) in [7, 11) is 0. The third kappa shape index (κ3) is 2.34. The lowest BCUT2D eigenvalue weighted by Gasteiger charge is -2.16. The standard InChI is InChI=1S/C18H18N4O/c1-3-16(17-20-14-5-4-12(2)10-15(14)21-17)22-8-7-19-18(22)13-6-9-23-11-13/h4-11,16H,3H2,1-2H3,(H,20,21)/t16-/m0/s1. The van der Waals surface area contributed by atoms with Crippen molar-refractivity contribution in [3.05, 3.63) is 60.6 Å². The Hall–Kier alpha value is -2.82. The van der Waals surface area contributed by atoms with Crippen molar-refractivity contribution in [2.45, 2.75) is 26.3 Å². The van der Waals surface area contributed by atoms with E-state index in [1.165, 1.54) is 5.56 Å². The summed E-state index contributed by atoms with van der Waals surface area (Å²) in [4.78, 5) is 12.7. The van der Waals surface area contributed by atoms with Gasteiger partial charge in [-0.15, -0.1) is 0 Å². The van der Waals surface area contributed by atoms with E-state index in [-0.39, 0.29) is 6.04 Å². The smallest absolute Gasteiger partial charge is 0.143 e. The highest BCUT2D eigenvalue weighted by molar-refractivity contribution is 5.76. The van der Waals surface area contributed by atoms with Crippen LogP contribution in [0.3, 0.4) is 0 Å². The van der Waals surface area contributed by atoms with Crippen LogP contribution in [-0.4, -0.2) is 19.5 Å². The number of hydrogen-bond acceptors (Lipinski definition) is 3. The molecule has 0 radical (unpaired) electrons. The Morgan fingerprint density at radius 1 is 1.30 bits per heavy atom. The number of nitrogens with zero attached hydrogens (tertiary/aromatic N) is 3. The molecular formula is C18H18N4O. The maximum atomic E-state index is 5.20. The van der Waals surface area contributed by atoms with Crippen LogP contribution in [-0.2, 0) is 0 Å². The first-order valence-electron chi connectivity index (χ1n) is 7.78. The number of aromatic nitrogens is 4. The van der Waals surface area contributed by atoms with Crippen molar-refractivity contribution in [1.82, 2.24) is 19.5 Å². The van der Waals surface area contributed by atoms with Crippen LogP contribution < -0.4 is 0 Å². The molecule has 0 unspecified atom stereocenters. The minimum Gasteiger partial charge on any atom is -0.472 e. The van der Waals surface area contributed by atoms with Gasteiger partial charge in [0, 0.05) is 12.4 Å². The Kier molecular flexibility index (Phi) is 3.26. The maximum Gasteiger partial charge on any atom is 0.143 e. The first-order chi connectivity index (χ1) is 11.3. The molecule has 1 atom stereocenters. The summed E-state index contributed by atoms with van der Waals surface area (Å²) < 4.78 is 7.35. The fraction of sp³-hybridized carbons (Fsp3) is 0.222. The summed E-state index contributed by atoms with van der Waals surface area (Å²) in [6, 6.07) is 8.30. The first-order valence-corrected chi connectivity index (χ1v) is 7.78. The van der Waals surface area contributed by atoms with Crippen molar-refractivity contribution in [1.29, 1.82) is 0 Å². The molecule has 0 fully saturated rings. The summed E-state index contributed by atoms with van der Waals surface area (Å²) in [5.41, 5.74) is 4.26. The number of nitrogens with one attached hydrogen (secondary N) is 1. The number of aromatic amines is 1. The normalized spacial score (nSPS) is 12.8. The largest absolute Gasteiger partial charge is 0.472 e. The lowest BCUT2D eigenvalue weighted by Crippen LogP contribution is -2.11. The highest BCUT2D eigenvalue weighted by Gasteiger charge is 2.20. The third-order valence-corrected chi connectivity index (χ3v) is 4.14. The summed E-state index contributed by atoms with van der Waals surface area (Å²) in [5.74, 6) is 1.85. The number of imidazole rings is 2. The molecule has 0 spiro atoms. The summed E-state index contributed by atoms with van der Waals surface area (Å²) in [6.45, 7) is 4.24. The predicted octanol–water partition coefficient (Wildman–Crippen LogP) is 4.33. The predicted molar refractivity (Wildman–Crippen MR) is 89.2 cm³/mol. The van der Waals surface area contributed by atoms with Crippen LogP contribution >= 0.6 is 0 Å². The minimum absolute atomic E-state index is 0.107. The molecule has 0 aliphatic heterocycles. The van der Waals surface area contributed by atoms with Crippen molar-refractivity contribution in [2.24, 2.45) is 0 Å². The van der Waals surface area contributed by atoms with E-state index in [1.807, 2.05) is 18.5 Å². The van der Waals surface area contributed by atoms with E-state index in [0.29, 0.717) is 0 Å². The quantitative estimate of drug-likeness (QED) is 0.610. The Balaban J connectivity index is 1.81. The number of hydrogen-bond donors (Lipinski definition) is 1. The van der Waals surface area contributed by atoms with Crippen LogP contribution in [0, 0.1) is 6.92 Å². The number of fused-ring (bicyclic) bond motifs is 1. The molecule has 5 nitrogen and oxygen atoms in total. The first kappa shape index (κ1) is 13.8. The van der Waals surface area contributed by atoms with Gasteiger partial charge in [0.05, 0.1) is 28.9 Å². The van der Waals surface area contributed by atoms with Crippen molar-refractivity contribution >= 4 is 11.0 Å². The van der Waals surface area contributed by atoms with Gasteiger partial charge in [-0.2, -0.15) is 0 Å². The van der Waals surface area contributed by atoms with Crippen LogP contribution in [0.4, 0.5) is 0 Å². The van der Waals surface area contributed by atoms with Gasteiger partial charge in [0.2, 0.25) is 0 Å².